The first-order valence-corrected chi connectivity index (χ1v) is 11.6. The zero-order valence-electron chi connectivity index (χ0n) is 19.0. The second-order valence-electron chi connectivity index (χ2n) is 9.90. The maximum atomic E-state index is 13.3. The summed E-state index contributed by atoms with van der Waals surface area (Å²) >= 11 is 0. The largest absolute Gasteiger partial charge is 0.475 e. The maximum Gasteiger partial charge on any atom is 0.434 e. The van der Waals surface area contributed by atoms with Crippen LogP contribution in [-0.4, -0.2) is 90.8 Å². The average Bonchev–Trinajstić information content (AvgIpc) is 2.96. The third kappa shape index (κ3) is 4.78. The number of allylic oxidation sites excluding steroid dienone is 3. The first-order valence-electron chi connectivity index (χ1n) is 11.6. The Hall–Kier alpha value is -2.77. The van der Waals surface area contributed by atoms with E-state index in [9.17, 15) is 35.9 Å². The Morgan fingerprint density at radius 2 is 1.83 bits per heavy atom. The number of nitrogens with zero attached hydrogens (tertiary/aromatic N) is 3. The smallest absolute Gasteiger partial charge is 0.434 e. The number of aliphatic imine (C=N–C) groups is 1. The SMILES string of the molecule is O=C1CO[C@H]2CCN(C(=O)N3CC4(CC(OC5=CCC=C(C(F)(F)F)C(C(F)(F)F)=N5)C4)C3)C[C@H]2N1. The van der Waals surface area contributed by atoms with E-state index < -0.39 is 42.0 Å². The van der Waals surface area contributed by atoms with Crippen molar-refractivity contribution < 1.29 is 45.4 Å². The zero-order valence-corrected chi connectivity index (χ0v) is 19.0. The second kappa shape index (κ2) is 8.67. The van der Waals surface area contributed by atoms with Gasteiger partial charge in [-0.05, 0) is 31.8 Å². The number of likely N-dealkylation sites (tertiary alicyclic amines) is 2. The van der Waals surface area contributed by atoms with Crippen LogP contribution < -0.4 is 5.32 Å². The molecule has 1 saturated carbocycles. The molecule has 8 nitrogen and oxygen atoms in total. The summed E-state index contributed by atoms with van der Waals surface area (Å²) in [5.74, 6) is -0.695. The fourth-order valence-corrected chi connectivity index (χ4v) is 5.52. The van der Waals surface area contributed by atoms with E-state index in [1.807, 2.05) is 0 Å². The van der Waals surface area contributed by atoms with Crippen LogP contribution in [-0.2, 0) is 14.3 Å². The van der Waals surface area contributed by atoms with Crippen molar-refractivity contribution >= 4 is 17.6 Å². The van der Waals surface area contributed by atoms with Gasteiger partial charge < -0.3 is 24.6 Å². The van der Waals surface area contributed by atoms with Gasteiger partial charge in [0, 0.05) is 31.6 Å². The molecule has 36 heavy (non-hydrogen) atoms. The molecule has 0 unspecified atom stereocenters. The van der Waals surface area contributed by atoms with Crippen molar-refractivity contribution in [1.82, 2.24) is 15.1 Å². The van der Waals surface area contributed by atoms with Gasteiger partial charge in [0.25, 0.3) is 0 Å². The maximum absolute atomic E-state index is 13.3. The number of urea groups is 1. The lowest BCUT2D eigenvalue weighted by Gasteiger charge is -2.59. The minimum absolute atomic E-state index is 0.0206. The highest BCUT2D eigenvalue weighted by molar-refractivity contribution is 6.06. The molecule has 198 valence electrons. The Bertz CT molecular complexity index is 1020. The molecule has 4 aliphatic heterocycles. The number of ether oxygens (including phenoxy) is 2. The highest BCUT2D eigenvalue weighted by Crippen LogP contribution is 2.50. The van der Waals surface area contributed by atoms with Crippen LogP contribution in [0.4, 0.5) is 31.1 Å². The molecule has 3 saturated heterocycles. The van der Waals surface area contributed by atoms with E-state index in [-0.39, 0.29) is 36.1 Å². The lowest BCUT2D eigenvalue weighted by Crippen LogP contribution is -2.69. The van der Waals surface area contributed by atoms with Crippen molar-refractivity contribution in [3.05, 3.63) is 23.6 Å². The van der Waals surface area contributed by atoms with E-state index in [2.05, 4.69) is 10.3 Å². The van der Waals surface area contributed by atoms with Crippen LogP contribution in [0.25, 0.3) is 0 Å². The zero-order chi connectivity index (χ0) is 25.9. The van der Waals surface area contributed by atoms with Gasteiger partial charge in [0.2, 0.25) is 11.8 Å². The number of amides is 3. The molecule has 3 amide bonds. The Morgan fingerprint density at radius 3 is 2.50 bits per heavy atom. The molecule has 14 heteroatoms. The summed E-state index contributed by atoms with van der Waals surface area (Å²) in [5.41, 5.74) is -4.07. The Labute approximate surface area is 202 Å². The quantitative estimate of drug-likeness (QED) is 0.566. The van der Waals surface area contributed by atoms with E-state index in [0.29, 0.717) is 51.5 Å². The molecule has 0 aromatic carbocycles. The Balaban J connectivity index is 1.13. The lowest BCUT2D eigenvalue weighted by atomic mass is 9.62. The van der Waals surface area contributed by atoms with E-state index in [1.54, 1.807) is 9.80 Å². The van der Waals surface area contributed by atoms with Gasteiger partial charge in [-0.3, -0.25) is 4.79 Å². The number of hydrogen-bond donors (Lipinski definition) is 1. The van der Waals surface area contributed by atoms with Crippen LogP contribution in [0.5, 0.6) is 0 Å². The highest BCUT2D eigenvalue weighted by Gasteiger charge is 2.56. The molecule has 5 rings (SSSR count). The van der Waals surface area contributed by atoms with Crippen molar-refractivity contribution in [3.8, 4) is 0 Å². The molecule has 0 aromatic heterocycles. The summed E-state index contributed by atoms with van der Waals surface area (Å²) in [6.07, 6.45) is -8.39. The number of alkyl halides is 6. The Kier molecular flexibility index (Phi) is 5.99. The van der Waals surface area contributed by atoms with Crippen LogP contribution >= 0.6 is 0 Å². The molecule has 1 aliphatic carbocycles. The Morgan fingerprint density at radius 1 is 1.11 bits per heavy atom. The highest BCUT2D eigenvalue weighted by atomic mass is 19.4. The summed E-state index contributed by atoms with van der Waals surface area (Å²) in [6.45, 7) is 1.79. The van der Waals surface area contributed by atoms with Crippen LogP contribution in [0.3, 0.4) is 0 Å². The molecule has 1 spiro atoms. The topological polar surface area (TPSA) is 83.5 Å². The van der Waals surface area contributed by atoms with Gasteiger partial charge in [0.1, 0.15) is 12.7 Å². The third-order valence-electron chi connectivity index (χ3n) is 7.19. The number of carbonyl (C=O) groups is 2. The fourth-order valence-electron chi connectivity index (χ4n) is 5.52. The van der Waals surface area contributed by atoms with Crippen molar-refractivity contribution in [1.29, 1.82) is 0 Å². The van der Waals surface area contributed by atoms with Gasteiger partial charge in [-0.2, -0.15) is 26.3 Å². The number of carbonyl (C=O) groups excluding carboxylic acids is 2. The summed E-state index contributed by atoms with van der Waals surface area (Å²) in [4.78, 5) is 31.0. The fraction of sp³-hybridized carbons (Fsp3) is 0.682. The molecular formula is C22H24F6N4O4. The molecule has 2 atom stereocenters. The predicted octanol–water partition coefficient (Wildman–Crippen LogP) is 2.91. The number of piperidine rings is 1. The van der Waals surface area contributed by atoms with Gasteiger partial charge in [0.05, 0.1) is 17.7 Å². The van der Waals surface area contributed by atoms with Crippen LogP contribution in [0.2, 0.25) is 0 Å². The average molecular weight is 522 g/mol. The lowest BCUT2D eigenvalue weighted by molar-refractivity contribution is -0.141. The van der Waals surface area contributed by atoms with Gasteiger partial charge in [-0.1, -0.05) is 6.08 Å². The van der Waals surface area contributed by atoms with Gasteiger partial charge >= 0.3 is 18.4 Å². The summed E-state index contributed by atoms with van der Waals surface area (Å²) < 4.78 is 90.0. The number of fused-ring (bicyclic) bond motifs is 1. The van der Waals surface area contributed by atoms with Crippen LogP contribution in [0, 0.1) is 5.41 Å². The van der Waals surface area contributed by atoms with Crippen molar-refractivity contribution in [2.45, 2.75) is 56.3 Å². The van der Waals surface area contributed by atoms with Crippen LogP contribution in [0.1, 0.15) is 25.7 Å². The first-order chi connectivity index (χ1) is 16.8. The number of morpholine rings is 1. The van der Waals surface area contributed by atoms with E-state index in [0.717, 1.165) is 6.08 Å². The number of halogens is 6. The second-order valence-corrected chi connectivity index (χ2v) is 9.90. The van der Waals surface area contributed by atoms with Gasteiger partial charge in [-0.15, -0.1) is 0 Å². The minimum atomic E-state index is -5.29. The van der Waals surface area contributed by atoms with E-state index in [4.69, 9.17) is 9.47 Å². The molecule has 0 aromatic rings. The summed E-state index contributed by atoms with van der Waals surface area (Å²) in [7, 11) is 0. The molecule has 4 heterocycles. The minimum Gasteiger partial charge on any atom is -0.475 e. The molecule has 1 N–H and O–H groups in total. The van der Waals surface area contributed by atoms with Crippen molar-refractivity contribution in [2.24, 2.45) is 10.4 Å². The van der Waals surface area contributed by atoms with E-state index in [1.165, 1.54) is 0 Å². The number of hydrogen-bond acceptors (Lipinski definition) is 5. The number of rotatable bonds is 2. The summed E-state index contributed by atoms with van der Waals surface area (Å²) in [5, 5.41) is 2.84. The first kappa shape index (κ1) is 24.9. The normalized spacial score (nSPS) is 28.6. The van der Waals surface area contributed by atoms with Crippen LogP contribution in [0.15, 0.2) is 28.6 Å². The third-order valence-corrected chi connectivity index (χ3v) is 7.19. The monoisotopic (exact) mass is 522 g/mol. The van der Waals surface area contributed by atoms with Crippen molar-refractivity contribution in [2.75, 3.05) is 32.8 Å². The molecule has 4 fully saturated rings. The molecular weight excluding hydrogens is 498 g/mol. The van der Waals surface area contributed by atoms with Gasteiger partial charge in [-0.25, -0.2) is 9.79 Å². The van der Waals surface area contributed by atoms with Crippen molar-refractivity contribution in [3.63, 3.8) is 0 Å². The van der Waals surface area contributed by atoms with Gasteiger partial charge in [0.15, 0.2) is 5.71 Å². The number of nitrogens with one attached hydrogen (secondary N) is 1. The molecule has 0 bridgehead atoms. The molecule has 0 radical (unpaired) electrons. The van der Waals surface area contributed by atoms with E-state index >= 15 is 0 Å². The molecule has 5 aliphatic rings. The predicted molar refractivity (Wildman–Crippen MR) is 112 cm³/mol. The standard InChI is InChI=1S/C22H24F6N4O4/c23-21(24,25)13-2-1-3-17(30-18(13)22(26,27)28)36-12-6-20(7-12)10-32(11-20)19(34)31-5-4-15-14(8-31)29-16(33)9-35-15/h2-3,12,14-15H,1,4-11H2,(H,29,33)/t14-,15+/m1/s1. The summed E-state index contributed by atoms with van der Waals surface area (Å²) in [6, 6.07) is -0.400.